The average molecular weight is 281 g/mol. The van der Waals surface area contributed by atoms with Crippen LogP contribution in [0.25, 0.3) is 0 Å². The van der Waals surface area contributed by atoms with Crippen LogP contribution in [-0.2, 0) is 0 Å². The minimum Gasteiger partial charge on any atom is -0.485 e. The Morgan fingerprint density at radius 1 is 0.952 bits per heavy atom. The van der Waals surface area contributed by atoms with E-state index in [9.17, 15) is 0 Å². The van der Waals surface area contributed by atoms with Crippen molar-refractivity contribution in [3.63, 3.8) is 0 Å². The van der Waals surface area contributed by atoms with Gasteiger partial charge in [-0.3, -0.25) is 0 Å². The monoisotopic (exact) mass is 281 g/mol. The van der Waals surface area contributed by atoms with Crippen LogP contribution in [0, 0.1) is 20.8 Å². The molecular formula is C19H23NO. The van der Waals surface area contributed by atoms with Crippen molar-refractivity contribution in [2.24, 2.45) is 0 Å². The summed E-state index contributed by atoms with van der Waals surface area (Å²) in [5, 5.41) is 3.44. The molecule has 0 aromatic heterocycles. The first kappa shape index (κ1) is 14.2. The molecule has 0 amide bonds. The highest BCUT2D eigenvalue weighted by Gasteiger charge is 2.28. The van der Waals surface area contributed by atoms with Gasteiger partial charge in [0.25, 0.3) is 0 Å². The van der Waals surface area contributed by atoms with Gasteiger partial charge in [-0.2, -0.15) is 0 Å². The van der Waals surface area contributed by atoms with Crippen LogP contribution in [0.15, 0.2) is 36.4 Å². The molecule has 1 heterocycles. The molecule has 2 aromatic carbocycles. The Kier molecular flexibility index (Phi) is 3.73. The van der Waals surface area contributed by atoms with Crippen LogP contribution >= 0.6 is 0 Å². The van der Waals surface area contributed by atoms with Crippen molar-refractivity contribution in [3.05, 3.63) is 64.2 Å². The predicted octanol–water partition coefficient (Wildman–Crippen LogP) is 4.40. The second kappa shape index (κ2) is 5.53. The number of hydrogen-bond donors (Lipinski definition) is 1. The Morgan fingerprint density at radius 2 is 1.67 bits per heavy atom. The van der Waals surface area contributed by atoms with Crippen molar-refractivity contribution in [3.8, 4) is 5.75 Å². The average Bonchev–Trinajstić information content (AvgIpc) is 2.45. The van der Waals surface area contributed by atoms with Crippen molar-refractivity contribution in [2.75, 3.05) is 7.05 Å². The molecule has 2 aromatic rings. The number of ether oxygens (including phenoxy) is 1. The smallest absolute Gasteiger partial charge is 0.126 e. The normalized spacial score (nSPS) is 20.8. The molecule has 2 nitrogen and oxygen atoms in total. The summed E-state index contributed by atoms with van der Waals surface area (Å²) in [4.78, 5) is 0. The summed E-state index contributed by atoms with van der Waals surface area (Å²) >= 11 is 0. The fourth-order valence-electron chi connectivity index (χ4n) is 3.26. The van der Waals surface area contributed by atoms with E-state index >= 15 is 0 Å². The molecule has 3 rings (SSSR count). The number of rotatable bonds is 2. The highest BCUT2D eigenvalue weighted by molar-refractivity contribution is 5.42. The van der Waals surface area contributed by atoms with Crippen LogP contribution in [0.4, 0.5) is 0 Å². The first-order valence-electron chi connectivity index (χ1n) is 7.59. The van der Waals surface area contributed by atoms with Gasteiger partial charge in [0.15, 0.2) is 0 Å². The Bertz CT molecular complexity index is 642. The van der Waals surface area contributed by atoms with E-state index < -0.39 is 0 Å². The highest BCUT2D eigenvalue weighted by atomic mass is 16.5. The molecule has 1 N–H and O–H groups in total. The van der Waals surface area contributed by atoms with Gasteiger partial charge in [0.05, 0.1) is 0 Å². The molecule has 2 atom stereocenters. The van der Waals surface area contributed by atoms with Gasteiger partial charge in [-0.1, -0.05) is 47.0 Å². The Morgan fingerprint density at radius 3 is 2.33 bits per heavy atom. The molecule has 110 valence electrons. The Hall–Kier alpha value is -1.80. The van der Waals surface area contributed by atoms with Gasteiger partial charge < -0.3 is 10.1 Å². The minimum absolute atomic E-state index is 0.122. The molecule has 21 heavy (non-hydrogen) atoms. The summed E-state index contributed by atoms with van der Waals surface area (Å²) in [6.07, 6.45) is 1.09. The van der Waals surface area contributed by atoms with Crippen LogP contribution < -0.4 is 10.1 Å². The maximum Gasteiger partial charge on any atom is 0.126 e. The number of fused-ring (bicyclic) bond motifs is 1. The quantitative estimate of drug-likeness (QED) is 0.881. The topological polar surface area (TPSA) is 21.3 Å². The van der Waals surface area contributed by atoms with Crippen LogP contribution in [-0.4, -0.2) is 7.05 Å². The second-order valence-corrected chi connectivity index (χ2v) is 6.15. The summed E-state index contributed by atoms with van der Waals surface area (Å²) in [7, 11) is 2.03. The van der Waals surface area contributed by atoms with Gasteiger partial charge in [-0.05, 0) is 39.4 Å². The standard InChI is InChI=1S/C19H23NO/c1-12-5-6-18-16(10-12)17(20-4)11-19(21-18)15-8-13(2)7-14(3)9-15/h5-10,17,19-20H,11H2,1-4H3. The van der Waals surface area contributed by atoms with Crippen molar-refractivity contribution in [1.82, 2.24) is 5.32 Å². The van der Waals surface area contributed by atoms with Gasteiger partial charge in [-0.15, -0.1) is 0 Å². The van der Waals surface area contributed by atoms with Crippen molar-refractivity contribution in [2.45, 2.75) is 39.3 Å². The zero-order valence-corrected chi connectivity index (χ0v) is 13.2. The first-order chi connectivity index (χ1) is 10.1. The van der Waals surface area contributed by atoms with E-state index in [0.717, 1.165) is 12.2 Å². The molecule has 2 unspecified atom stereocenters. The summed E-state index contributed by atoms with van der Waals surface area (Å²) in [6, 6.07) is 13.5. The van der Waals surface area contributed by atoms with E-state index in [-0.39, 0.29) is 6.10 Å². The lowest BCUT2D eigenvalue weighted by Gasteiger charge is -2.33. The van der Waals surface area contributed by atoms with Gasteiger partial charge >= 0.3 is 0 Å². The molecule has 0 saturated heterocycles. The van der Waals surface area contributed by atoms with Crippen LogP contribution in [0.2, 0.25) is 0 Å². The lowest BCUT2D eigenvalue weighted by Crippen LogP contribution is -2.27. The molecule has 0 bridgehead atoms. The van der Waals surface area contributed by atoms with Crippen LogP contribution in [0.1, 0.15) is 46.4 Å². The number of aryl methyl sites for hydroxylation is 3. The largest absolute Gasteiger partial charge is 0.485 e. The van der Waals surface area contributed by atoms with Gasteiger partial charge in [0, 0.05) is 18.0 Å². The molecule has 0 spiro atoms. The van der Waals surface area contributed by atoms with E-state index in [0.29, 0.717) is 6.04 Å². The van der Waals surface area contributed by atoms with Gasteiger partial charge in [0.1, 0.15) is 11.9 Å². The third-order valence-electron chi connectivity index (χ3n) is 4.22. The van der Waals surface area contributed by atoms with Gasteiger partial charge in [0.2, 0.25) is 0 Å². The third-order valence-corrected chi connectivity index (χ3v) is 4.22. The molecule has 2 heteroatoms. The molecule has 0 radical (unpaired) electrons. The molecule has 0 fully saturated rings. The Balaban J connectivity index is 1.98. The van der Waals surface area contributed by atoms with Crippen LogP contribution in [0.3, 0.4) is 0 Å². The van der Waals surface area contributed by atoms with E-state index in [1.807, 2.05) is 7.05 Å². The molecule has 0 saturated carbocycles. The van der Waals surface area contributed by atoms with E-state index in [1.54, 1.807) is 0 Å². The summed E-state index contributed by atoms with van der Waals surface area (Å²) in [5.74, 6) is 1.01. The lowest BCUT2D eigenvalue weighted by molar-refractivity contribution is 0.153. The van der Waals surface area contributed by atoms with E-state index in [1.165, 1.54) is 27.8 Å². The summed E-state index contributed by atoms with van der Waals surface area (Å²) in [6.45, 7) is 6.42. The molecule has 1 aliphatic heterocycles. The summed E-state index contributed by atoms with van der Waals surface area (Å²) in [5.41, 5.74) is 6.42. The summed E-state index contributed by atoms with van der Waals surface area (Å²) < 4.78 is 6.28. The third kappa shape index (κ3) is 2.81. The van der Waals surface area contributed by atoms with Crippen LogP contribution in [0.5, 0.6) is 5.75 Å². The Labute approximate surface area is 127 Å². The second-order valence-electron chi connectivity index (χ2n) is 6.15. The van der Waals surface area contributed by atoms with Gasteiger partial charge in [-0.25, -0.2) is 0 Å². The molecular weight excluding hydrogens is 258 g/mol. The van der Waals surface area contributed by atoms with Crippen molar-refractivity contribution in [1.29, 1.82) is 0 Å². The zero-order chi connectivity index (χ0) is 15.0. The maximum atomic E-state index is 6.28. The van der Waals surface area contributed by atoms with E-state index in [4.69, 9.17) is 4.74 Å². The number of hydrogen-bond acceptors (Lipinski definition) is 2. The van der Waals surface area contributed by atoms with E-state index in [2.05, 4.69) is 62.5 Å². The molecule has 1 aliphatic rings. The maximum absolute atomic E-state index is 6.28. The number of benzene rings is 2. The SMILES string of the molecule is CNC1CC(c2cc(C)cc(C)c2)Oc2ccc(C)cc21. The first-order valence-corrected chi connectivity index (χ1v) is 7.59. The van der Waals surface area contributed by atoms with Crippen molar-refractivity contribution < 1.29 is 4.74 Å². The fraction of sp³-hybridized carbons (Fsp3) is 0.368. The van der Waals surface area contributed by atoms with Crippen molar-refractivity contribution >= 4 is 0 Å². The highest BCUT2D eigenvalue weighted by Crippen LogP contribution is 2.41. The minimum atomic E-state index is 0.122. The zero-order valence-electron chi connectivity index (χ0n) is 13.2. The molecule has 0 aliphatic carbocycles. The number of nitrogens with one attached hydrogen (secondary N) is 1. The lowest BCUT2D eigenvalue weighted by atomic mass is 9.91. The predicted molar refractivity (Wildman–Crippen MR) is 86.9 cm³/mol. The fourth-order valence-corrected chi connectivity index (χ4v) is 3.26.